The molecule has 1 aliphatic rings. The Morgan fingerprint density at radius 1 is 0.722 bits per heavy atom. The minimum atomic E-state index is -1.82. The van der Waals surface area contributed by atoms with Gasteiger partial charge in [0.1, 0.15) is 5.60 Å². The predicted molar refractivity (Wildman–Crippen MR) is 148 cm³/mol. The molecule has 0 aliphatic heterocycles. The third-order valence-electron chi connectivity index (χ3n) is 8.33. The maximum atomic E-state index is 13.3. The molecule has 200 valence electrons. The fourth-order valence-corrected chi connectivity index (χ4v) is 6.13. The van der Waals surface area contributed by atoms with E-state index in [1.807, 2.05) is 18.2 Å². The van der Waals surface area contributed by atoms with Crippen molar-refractivity contribution < 1.29 is 20.4 Å². The van der Waals surface area contributed by atoms with Gasteiger partial charge in [-0.2, -0.15) is 0 Å². The van der Waals surface area contributed by atoms with Crippen molar-refractivity contribution in [3.8, 4) is 0 Å². The van der Waals surface area contributed by atoms with Crippen LogP contribution in [0.4, 0.5) is 0 Å². The van der Waals surface area contributed by atoms with Gasteiger partial charge in [-0.15, -0.1) is 0 Å². The van der Waals surface area contributed by atoms with Gasteiger partial charge in [0.25, 0.3) is 0 Å². The lowest BCUT2D eigenvalue weighted by Gasteiger charge is -2.50. The molecule has 36 heavy (non-hydrogen) atoms. The Balaban J connectivity index is 2.56. The third-order valence-corrected chi connectivity index (χ3v) is 8.33. The Morgan fingerprint density at radius 2 is 1.19 bits per heavy atom. The van der Waals surface area contributed by atoms with E-state index in [2.05, 4.69) is 66.7 Å². The van der Waals surface area contributed by atoms with Crippen molar-refractivity contribution >= 4 is 0 Å². The first-order valence-electron chi connectivity index (χ1n) is 13.6. The van der Waals surface area contributed by atoms with Crippen LogP contribution in [0.25, 0.3) is 0 Å². The molecular weight excluding hydrogens is 448 g/mol. The molecule has 1 aliphatic carbocycles. The quantitative estimate of drug-likeness (QED) is 0.388. The molecule has 0 heterocycles. The van der Waals surface area contributed by atoms with Gasteiger partial charge in [-0.3, -0.25) is 0 Å². The summed E-state index contributed by atoms with van der Waals surface area (Å²) in [6, 6.07) is 12.2. The van der Waals surface area contributed by atoms with Crippen molar-refractivity contribution in [3.63, 3.8) is 0 Å². The number of hydrogen-bond donors (Lipinski definition) is 4. The van der Waals surface area contributed by atoms with Gasteiger partial charge in [0.15, 0.2) is 0 Å². The van der Waals surface area contributed by atoms with E-state index in [1.165, 1.54) is 6.42 Å². The molecule has 0 saturated heterocycles. The maximum Gasteiger partial charge on any atom is 0.128 e. The van der Waals surface area contributed by atoms with Crippen LogP contribution < -0.4 is 0 Å². The average Bonchev–Trinajstić information content (AvgIpc) is 2.84. The number of rotatable bonds is 7. The average molecular weight is 497 g/mol. The van der Waals surface area contributed by atoms with Gasteiger partial charge >= 0.3 is 0 Å². The first kappa shape index (κ1) is 28.8. The third kappa shape index (κ3) is 5.03. The molecule has 3 rings (SSSR count). The number of aryl methyl sites for hydroxylation is 1. The highest BCUT2D eigenvalue weighted by Crippen LogP contribution is 2.53. The molecule has 0 aromatic heterocycles. The van der Waals surface area contributed by atoms with Crippen LogP contribution in [0, 0.1) is 12.3 Å². The van der Waals surface area contributed by atoms with Crippen molar-refractivity contribution in [3.05, 3.63) is 69.8 Å². The lowest BCUT2D eigenvalue weighted by Crippen LogP contribution is -2.56. The normalized spacial score (nSPS) is 17.8. The van der Waals surface area contributed by atoms with Crippen molar-refractivity contribution in [2.24, 2.45) is 5.41 Å². The monoisotopic (exact) mass is 496 g/mol. The van der Waals surface area contributed by atoms with E-state index in [0.29, 0.717) is 11.1 Å². The zero-order valence-corrected chi connectivity index (χ0v) is 23.5. The first-order valence-corrected chi connectivity index (χ1v) is 13.6. The standard InChI is InChI=1S/C32H48O4/c1-22-17-26(29(2,3)4)28(27(18-22)30(5,6)7)32(36,31(19-33,20-34)21-35)25-16-12-11-15-24(25)23-13-9-8-10-14-23/h11-12,15-18,23,33-36H,8-10,13-14,19-21H2,1-7H3. The second-order valence-corrected chi connectivity index (χ2v) is 13.1. The smallest absolute Gasteiger partial charge is 0.128 e. The van der Waals surface area contributed by atoms with E-state index >= 15 is 0 Å². The van der Waals surface area contributed by atoms with Crippen molar-refractivity contribution in [2.75, 3.05) is 19.8 Å². The minimum absolute atomic E-state index is 0.289. The molecule has 1 saturated carbocycles. The fourth-order valence-electron chi connectivity index (χ4n) is 6.13. The second-order valence-electron chi connectivity index (χ2n) is 13.1. The molecule has 0 amide bonds. The summed E-state index contributed by atoms with van der Waals surface area (Å²) in [7, 11) is 0. The van der Waals surface area contributed by atoms with Gasteiger partial charge in [0.2, 0.25) is 0 Å². The van der Waals surface area contributed by atoms with Crippen LogP contribution in [0.2, 0.25) is 0 Å². The lowest BCUT2D eigenvalue weighted by atomic mass is 9.58. The van der Waals surface area contributed by atoms with Gasteiger partial charge < -0.3 is 20.4 Å². The highest BCUT2D eigenvalue weighted by atomic mass is 16.3. The van der Waals surface area contributed by atoms with Crippen LogP contribution in [-0.2, 0) is 16.4 Å². The van der Waals surface area contributed by atoms with Gasteiger partial charge in [0, 0.05) is 0 Å². The molecule has 0 bridgehead atoms. The first-order chi connectivity index (χ1) is 16.8. The van der Waals surface area contributed by atoms with Gasteiger partial charge in [-0.25, -0.2) is 0 Å². The van der Waals surface area contributed by atoms with Crippen LogP contribution >= 0.6 is 0 Å². The molecule has 1 fully saturated rings. The van der Waals surface area contributed by atoms with E-state index in [1.54, 1.807) is 0 Å². The van der Waals surface area contributed by atoms with Crippen molar-refractivity contribution in [2.45, 2.75) is 103 Å². The van der Waals surface area contributed by atoms with Crippen LogP contribution in [0.3, 0.4) is 0 Å². The molecule has 0 radical (unpaired) electrons. The van der Waals surface area contributed by atoms with E-state index in [9.17, 15) is 20.4 Å². The lowest BCUT2D eigenvalue weighted by molar-refractivity contribution is -0.137. The highest BCUT2D eigenvalue weighted by molar-refractivity contribution is 5.56. The van der Waals surface area contributed by atoms with Crippen molar-refractivity contribution in [1.29, 1.82) is 0 Å². The molecule has 1 unspecified atom stereocenters. The van der Waals surface area contributed by atoms with Crippen LogP contribution in [-0.4, -0.2) is 40.2 Å². The zero-order valence-electron chi connectivity index (χ0n) is 23.5. The number of hydrogen-bond acceptors (Lipinski definition) is 4. The van der Waals surface area contributed by atoms with Crippen molar-refractivity contribution in [1.82, 2.24) is 0 Å². The molecule has 0 spiro atoms. The van der Waals surface area contributed by atoms with Gasteiger partial charge in [-0.1, -0.05) is 103 Å². The molecule has 1 atom stereocenters. The minimum Gasteiger partial charge on any atom is -0.395 e. The summed E-state index contributed by atoms with van der Waals surface area (Å²) in [5.74, 6) is 0.289. The number of aliphatic hydroxyl groups is 4. The summed E-state index contributed by atoms with van der Waals surface area (Å²) in [6.45, 7) is 13.2. The Bertz CT molecular complexity index is 990. The second kappa shape index (κ2) is 10.6. The summed E-state index contributed by atoms with van der Waals surface area (Å²) in [6.07, 6.45) is 5.60. The summed E-state index contributed by atoms with van der Waals surface area (Å²) < 4.78 is 0. The van der Waals surface area contributed by atoms with E-state index in [0.717, 1.165) is 47.9 Å². The van der Waals surface area contributed by atoms with E-state index in [-0.39, 0.29) is 16.7 Å². The van der Waals surface area contributed by atoms with Crippen LogP contribution in [0.1, 0.15) is 113 Å². The molecular formula is C32H48O4. The van der Waals surface area contributed by atoms with Gasteiger partial charge in [-0.05, 0) is 64.3 Å². The van der Waals surface area contributed by atoms with E-state index in [4.69, 9.17) is 0 Å². The Morgan fingerprint density at radius 3 is 1.64 bits per heavy atom. The molecule has 2 aromatic carbocycles. The number of benzene rings is 2. The van der Waals surface area contributed by atoms with Crippen LogP contribution in [0.15, 0.2) is 36.4 Å². The largest absolute Gasteiger partial charge is 0.395 e. The molecule has 4 heteroatoms. The molecule has 4 nitrogen and oxygen atoms in total. The fraction of sp³-hybridized carbons (Fsp3) is 0.625. The number of aliphatic hydroxyl groups excluding tert-OH is 3. The summed E-state index contributed by atoms with van der Waals surface area (Å²) >= 11 is 0. The summed E-state index contributed by atoms with van der Waals surface area (Å²) in [4.78, 5) is 0. The van der Waals surface area contributed by atoms with Gasteiger partial charge in [0.05, 0.1) is 25.2 Å². The zero-order chi connectivity index (χ0) is 26.9. The topological polar surface area (TPSA) is 80.9 Å². The van der Waals surface area contributed by atoms with E-state index < -0.39 is 30.8 Å². The Labute approximate surface area is 218 Å². The molecule has 2 aromatic rings. The SMILES string of the molecule is Cc1cc(C(C)(C)C)c(C(O)(c2ccccc2C2CCCCC2)C(CO)(CO)CO)c(C(C)(C)C)c1. The summed E-state index contributed by atoms with van der Waals surface area (Å²) in [5, 5.41) is 45.7. The highest BCUT2D eigenvalue weighted by Gasteiger charge is 2.56. The predicted octanol–water partition coefficient (Wildman–Crippen LogP) is 5.84. The van der Waals surface area contributed by atoms with Crippen LogP contribution in [0.5, 0.6) is 0 Å². The maximum absolute atomic E-state index is 13.3. The molecule has 4 N–H and O–H groups in total. The summed E-state index contributed by atoms with van der Waals surface area (Å²) in [5.41, 5.74) is 1.40. The Hall–Kier alpha value is -1.72. The Kier molecular flexibility index (Phi) is 8.47.